The first-order valence-corrected chi connectivity index (χ1v) is 28.6. The van der Waals surface area contributed by atoms with Crippen LogP contribution in [0.5, 0.6) is 0 Å². The van der Waals surface area contributed by atoms with Gasteiger partial charge < -0.3 is 9.13 Å². The number of para-hydroxylation sites is 1. The lowest BCUT2D eigenvalue weighted by Crippen LogP contribution is -2.03. The van der Waals surface area contributed by atoms with E-state index in [0.717, 1.165) is 127 Å². The molecule has 88 heavy (non-hydrogen) atoms. The summed E-state index contributed by atoms with van der Waals surface area (Å²) in [5.74, 6) is 1.64. The predicted octanol–water partition coefficient (Wildman–Crippen LogP) is 20.2. The third-order valence-electron chi connectivity index (χ3n) is 16.5. The fraction of sp³-hybridized carbons (Fsp3) is 0. The fourth-order valence-corrected chi connectivity index (χ4v) is 12.1. The molecule has 15 rings (SSSR count). The molecule has 0 atom stereocenters. The average Bonchev–Trinajstić information content (AvgIpc) is 1.59. The van der Waals surface area contributed by atoms with Crippen LogP contribution in [0.4, 0.5) is 11.4 Å². The monoisotopic (exact) mass is 1120 g/mol. The van der Waals surface area contributed by atoms with Crippen LogP contribution in [-0.2, 0) is 0 Å². The van der Waals surface area contributed by atoms with E-state index < -0.39 is 0 Å². The largest absolute Gasteiger partial charge is 0.309 e. The molecule has 0 radical (unpaired) electrons. The van der Waals surface area contributed by atoms with Crippen LogP contribution < -0.4 is 0 Å². The van der Waals surface area contributed by atoms with Crippen LogP contribution in [-0.4, -0.2) is 24.1 Å². The standard InChI is InChI=1S/C79H45N9/c1-82-63-34-25-54(26-35-63)60-31-40-75-69(45-60)70-46-61(55-27-36-64(83-2)37-28-55)32-41-76(70)88(75)72-42-33-62(79-85-77(56-11-5-3-6-12-56)84-78(86-79)57-13-7-4-8-14-57)47-66(72)65-15-9-10-16-71(65)87-73-38-29-58(52-21-17-50(48-80)18-22-52)43-67(73)68-44-59(30-39-74(68)87)53-23-19-51(49-81)20-24-53/h3-47H. The van der Waals surface area contributed by atoms with Gasteiger partial charge in [-0.1, -0.05) is 176 Å². The minimum atomic E-state index is 0.519. The number of nitriles is 2. The summed E-state index contributed by atoms with van der Waals surface area (Å²) in [6, 6.07) is 97.1. The van der Waals surface area contributed by atoms with E-state index >= 15 is 0 Å². The maximum atomic E-state index is 9.70. The third-order valence-corrected chi connectivity index (χ3v) is 16.5. The molecule has 15 aromatic rings. The van der Waals surface area contributed by atoms with Crippen molar-refractivity contribution < 1.29 is 0 Å². The Bertz CT molecular complexity index is 5160. The van der Waals surface area contributed by atoms with Crippen LogP contribution in [0.25, 0.3) is 154 Å². The summed E-state index contributed by atoms with van der Waals surface area (Å²) in [7, 11) is 0. The second kappa shape index (κ2) is 21.8. The van der Waals surface area contributed by atoms with Crippen LogP contribution in [0.2, 0.25) is 0 Å². The van der Waals surface area contributed by atoms with Gasteiger partial charge in [-0.2, -0.15) is 10.5 Å². The zero-order chi connectivity index (χ0) is 59.2. The van der Waals surface area contributed by atoms with Crippen molar-refractivity contribution in [3.05, 3.63) is 307 Å². The molecular weight excluding hydrogens is 1070 g/mol. The van der Waals surface area contributed by atoms with Gasteiger partial charge in [-0.3, -0.25) is 0 Å². The first-order valence-electron chi connectivity index (χ1n) is 28.6. The molecule has 406 valence electrons. The van der Waals surface area contributed by atoms with E-state index in [1.54, 1.807) is 0 Å². The van der Waals surface area contributed by atoms with Gasteiger partial charge in [-0.15, -0.1) is 0 Å². The van der Waals surface area contributed by atoms with Crippen molar-refractivity contribution in [1.82, 2.24) is 24.1 Å². The molecule has 0 N–H and O–H groups in total. The zero-order valence-electron chi connectivity index (χ0n) is 47.0. The van der Waals surface area contributed by atoms with Gasteiger partial charge in [-0.25, -0.2) is 24.6 Å². The molecule has 9 heteroatoms. The third kappa shape index (κ3) is 9.24. The Kier molecular flexibility index (Phi) is 12.9. The molecule has 0 aliphatic rings. The molecule has 0 unspecified atom stereocenters. The van der Waals surface area contributed by atoms with Crippen LogP contribution in [0.3, 0.4) is 0 Å². The van der Waals surface area contributed by atoms with Gasteiger partial charge in [0.15, 0.2) is 28.8 Å². The van der Waals surface area contributed by atoms with Crippen LogP contribution in [0, 0.1) is 35.8 Å². The lowest BCUT2D eigenvalue weighted by Gasteiger charge is -2.20. The molecule has 0 bridgehead atoms. The van der Waals surface area contributed by atoms with Gasteiger partial charge >= 0.3 is 0 Å². The highest BCUT2D eigenvalue weighted by molar-refractivity contribution is 6.14. The minimum absolute atomic E-state index is 0.519. The van der Waals surface area contributed by atoms with Crippen molar-refractivity contribution in [2.45, 2.75) is 0 Å². The molecule has 0 fully saturated rings. The molecular formula is C79H45N9. The normalized spacial score (nSPS) is 11.1. The fourth-order valence-electron chi connectivity index (χ4n) is 12.1. The minimum Gasteiger partial charge on any atom is -0.309 e. The smallest absolute Gasteiger partial charge is 0.187 e. The summed E-state index contributed by atoms with van der Waals surface area (Å²) < 4.78 is 4.74. The maximum absolute atomic E-state index is 9.70. The molecule has 0 saturated carbocycles. The summed E-state index contributed by atoms with van der Waals surface area (Å²) in [5.41, 5.74) is 20.7. The summed E-state index contributed by atoms with van der Waals surface area (Å²) >= 11 is 0. The van der Waals surface area contributed by atoms with Gasteiger partial charge in [0.2, 0.25) is 0 Å². The molecule has 3 aromatic heterocycles. The van der Waals surface area contributed by atoms with Gasteiger partial charge in [0.25, 0.3) is 0 Å². The van der Waals surface area contributed by atoms with E-state index in [0.29, 0.717) is 40.0 Å². The highest BCUT2D eigenvalue weighted by Crippen LogP contribution is 2.45. The molecule has 9 nitrogen and oxygen atoms in total. The first kappa shape index (κ1) is 52.0. The second-order valence-corrected chi connectivity index (χ2v) is 21.6. The van der Waals surface area contributed by atoms with Crippen molar-refractivity contribution in [1.29, 1.82) is 10.5 Å². The number of aromatic nitrogens is 5. The molecule has 0 amide bonds. The Morgan fingerprint density at radius 1 is 0.284 bits per heavy atom. The highest BCUT2D eigenvalue weighted by Gasteiger charge is 2.24. The van der Waals surface area contributed by atoms with Gasteiger partial charge in [0, 0.05) is 49.4 Å². The first-order chi connectivity index (χ1) is 43.4. The van der Waals surface area contributed by atoms with Gasteiger partial charge in [0.1, 0.15) is 0 Å². The summed E-state index contributed by atoms with van der Waals surface area (Å²) in [6.45, 7) is 15.3. The van der Waals surface area contributed by atoms with Crippen LogP contribution in [0.15, 0.2) is 273 Å². The lowest BCUT2D eigenvalue weighted by atomic mass is 9.97. The molecule has 0 saturated heterocycles. The van der Waals surface area contributed by atoms with E-state index in [1.165, 1.54) is 0 Å². The van der Waals surface area contributed by atoms with E-state index in [4.69, 9.17) is 28.1 Å². The Balaban J connectivity index is 1.01. The lowest BCUT2D eigenvalue weighted by molar-refractivity contribution is 1.07. The number of hydrogen-bond acceptors (Lipinski definition) is 5. The van der Waals surface area contributed by atoms with Crippen molar-refractivity contribution in [2.24, 2.45) is 0 Å². The SMILES string of the molecule is [C-]#[N+]c1ccc(-c2ccc3c(c2)c2cc(-c4ccc([N+]#[C-])cc4)ccc2n3-c2ccc(-c3nc(-c4ccccc4)nc(-c4ccccc4)n3)cc2-c2ccccc2-n2c3ccc(-c4ccc(C#N)cc4)cc3c3cc(-c4ccc(C#N)cc4)ccc32)cc1. The Hall–Kier alpha value is -12.8. The molecule has 0 aliphatic carbocycles. The number of hydrogen-bond donors (Lipinski definition) is 0. The van der Waals surface area contributed by atoms with Gasteiger partial charge in [-0.05, 0) is 142 Å². The summed E-state index contributed by atoms with van der Waals surface area (Å²) in [5, 5.41) is 23.6. The Morgan fingerprint density at radius 2 is 0.602 bits per heavy atom. The van der Waals surface area contributed by atoms with Crippen molar-refractivity contribution in [3.63, 3.8) is 0 Å². The number of benzene rings is 12. The topological polar surface area (TPSA) is 105 Å². The molecule has 3 heterocycles. The number of rotatable bonds is 10. The van der Waals surface area contributed by atoms with Crippen molar-refractivity contribution in [2.75, 3.05) is 0 Å². The quantitative estimate of drug-likeness (QED) is 0.127. The maximum Gasteiger partial charge on any atom is 0.187 e. The van der Waals surface area contributed by atoms with E-state index in [1.807, 2.05) is 158 Å². The summed E-state index contributed by atoms with van der Waals surface area (Å²) in [4.78, 5) is 22.9. The summed E-state index contributed by atoms with van der Waals surface area (Å²) in [6.07, 6.45) is 0. The number of nitrogens with zero attached hydrogens (tertiary/aromatic N) is 9. The zero-order valence-corrected chi connectivity index (χ0v) is 47.0. The van der Waals surface area contributed by atoms with Crippen LogP contribution in [0.1, 0.15) is 11.1 Å². The van der Waals surface area contributed by atoms with E-state index in [9.17, 15) is 10.5 Å². The van der Waals surface area contributed by atoms with Crippen molar-refractivity contribution >= 4 is 55.0 Å². The van der Waals surface area contributed by atoms with Crippen molar-refractivity contribution in [3.8, 4) is 113 Å². The molecule has 0 spiro atoms. The Labute approximate surface area is 507 Å². The number of fused-ring (bicyclic) bond motifs is 6. The van der Waals surface area contributed by atoms with E-state index in [2.05, 4.69) is 146 Å². The van der Waals surface area contributed by atoms with Crippen LogP contribution >= 0.6 is 0 Å². The Morgan fingerprint density at radius 3 is 0.977 bits per heavy atom. The van der Waals surface area contributed by atoms with E-state index in [-0.39, 0.29) is 0 Å². The predicted molar refractivity (Wildman–Crippen MR) is 354 cm³/mol. The second-order valence-electron chi connectivity index (χ2n) is 21.6. The molecule has 0 aliphatic heterocycles. The molecule has 12 aromatic carbocycles. The average molecular weight is 1120 g/mol. The van der Waals surface area contributed by atoms with Gasteiger partial charge in [0.05, 0.1) is 69.9 Å². The highest BCUT2D eigenvalue weighted by atomic mass is 15.0.